The highest BCUT2D eigenvalue weighted by Crippen LogP contribution is 2.20. The summed E-state index contributed by atoms with van der Waals surface area (Å²) in [5.41, 5.74) is 2.76. The van der Waals surface area contributed by atoms with Crippen LogP contribution in [0.25, 0.3) is 0 Å². The maximum absolute atomic E-state index is 8.74. The first-order chi connectivity index (χ1) is 8.20. The van der Waals surface area contributed by atoms with Crippen LogP contribution < -0.4 is 5.32 Å². The first-order valence-corrected chi connectivity index (χ1v) is 5.30. The molecule has 0 aliphatic rings. The Kier molecular flexibility index (Phi) is 3.26. The van der Waals surface area contributed by atoms with Gasteiger partial charge < -0.3 is 5.32 Å². The van der Waals surface area contributed by atoms with Crippen molar-refractivity contribution in [3.05, 3.63) is 40.2 Å². The van der Waals surface area contributed by atoms with Crippen LogP contribution >= 0.6 is 11.6 Å². The number of anilines is 1. The average molecular weight is 249 g/mol. The Bertz CT molecular complexity index is 573. The number of halogens is 1. The van der Waals surface area contributed by atoms with Gasteiger partial charge in [-0.1, -0.05) is 21.9 Å². The molecule has 17 heavy (non-hydrogen) atoms. The van der Waals surface area contributed by atoms with E-state index >= 15 is 0 Å². The summed E-state index contributed by atoms with van der Waals surface area (Å²) in [4.78, 5) is 0. The van der Waals surface area contributed by atoms with Crippen molar-refractivity contribution in [2.75, 3.05) is 5.32 Å². The lowest BCUT2D eigenvalue weighted by atomic mass is 10.2. The summed E-state index contributed by atoms with van der Waals surface area (Å²) in [6.45, 7) is 2.32. The molecule has 0 bridgehead atoms. The van der Waals surface area contributed by atoms with Gasteiger partial charge in [0.15, 0.2) is 0 Å². The molecule has 1 aromatic heterocycles. The monoisotopic (exact) mass is 248 g/mol. The number of nitriles is 1. The predicted octanol–water partition coefficient (Wildman–Crippen LogP) is 2.52. The molecule has 0 amide bonds. The van der Waals surface area contributed by atoms with E-state index in [1.165, 1.54) is 0 Å². The van der Waals surface area contributed by atoms with Gasteiger partial charge in [0, 0.05) is 5.69 Å². The van der Waals surface area contributed by atoms with E-state index in [1.54, 1.807) is 18.2 Å². The average Bonchev–Trinajstić information content (AvgIpc) is 2.72. The second-order valence-electron chi connectivity index (χ2n) is 3.46. The lowest BCUT2D eigenvalue weighted by Crippen LogP contribution is -2.01. The molecule has 2 aromatic rings. The maximum Gasteiger partial charge on any atom is 0.127 e. The standard InChI is InChI=1S/C11H9ClN4O/c1-7-11(16-17-15-7)6-14-9-3-2-8(5-13)10(12)4-9/h2-4,14H,6H2,1H3. The highest BCUT2D eigenvalue weighted by atomic mass is 35.5. The minimum atomic E-state index is 0.424. The molecule has 1 N–H and O–H groups in total. The summed E-state index contributed by atoms with van der Waals surface area (Å²) in [5, 5.41) is 19.7. The maximum atomic E-state index is 8.74. The van der Waals surface area contributed by atoms with Crippen molar-refractivity contribution in [3.63, 3.8) is 0 Å². The number of hydrogen-bond donors (Lipinski definition) is 1. The molecule has 0 aliphatic carbocycles. The van der Waals surface area contributed by atoms with Crippen LogP contribution in [-0.2, 0) is 6.54 Å². The molecule has 0 aliphatic heterocycles. The fourth-order valence-corrected chi connectivity index (χ4v) is 1.53. The van der Waals surface area contributed by atoms with E-state index in [9.17, 15) is 0 Å². The van der Waals surface area contributed by atoms with Gasteiger partial charge >= 0.3 is 0 Å². The van der Waals surface area contributed by atoms with E-state index < -0.39 is 0 Å². The van der Waals surface area contributed by atoms with Crippen LogP contribution in [0.1, 0.15) is 17.0 Å². The number of benzene rings is 1. The van der Waals surface area contributed by atoms with Gasteiger partial charge in [0.05, 0.1) is 17.1 Å². The Labute approximate surface area is 103 Å². The second kappa shape index (κ2) is 4.85. The fraction of sp³-hybridized carbons (Fsp3) is 0.182. The third-order valence-electron chi connectivity index (χ3n) is 2.30. The molecule has 5 nitrogen and oxygen atoms in total. The summed E-state index contributed by atoms with van der Waals surface area (Å²) in [6, 6.07) is 7.15. The summed E-state index contributed by atoms with van der Waals surface area (Å²) in [7, 11) is 0. The van der Waals surface area contributed by atoms with Crippen molar-refractivity contribution in [2.24, 2.45) is 0 Å². The molecule has 0 fully saturated rings. The van der Waals surface area contributed by atoms with Crippen LogP contribution in [0.3, 0.4) is 0 Å². The lowest BCUT2D eigenvalue weighted by Gasteiger charge is -2.05. The van der Waals surface area contributed by atoms with Gasteiger partial charge in [-0.05, 0) is 25.1 Å². The minimum Gasteiger partial charge on any atom is -0.379 e. The van der Waals surface area contributed by atoms with Gasteiger partial charge in [0.25, 0.3) is 0 Å². The molecular formula is C11H9ClN4O. The molecule has 6 heteroatoms. The van der Waals surface area contributed by atoms with Crippen molar-refractivity contribution >= 4 is 17.3 Å². The van der Waals surface area contributed by atoms with Gasteiger partial charge in [-0.25, -0.2) is 4.63 Å². The molecule has 0 radical (unpaired) electrons. The smallest absolute Gasteiger partial charge is 0.127 e. The van der Waals surface area contributed by atoms with E-state index in [0.717, 1.165) is 17.1 Å². The zero-order chi connectivity index (χ0) is 12.3. The largest absolute Gasteiger partial charge is 0.379 e. The summed E-state index contributed by atoms with van der Waals surface area (Å²) >= 11 is 5.91. The molecule has 0 saturated heterocycles. The number of aryl methyl sites for hydroxylation is 1. The molecular weight excluding hydrogens is 240 g/mol. The topological polar surface area (TPSA) is 74.7 Å². The van der Waals surface area contributed by atoms with E-state index in [0.29, 0.717) is 17.1 Å². The number of rotatable bonds is 3. The van der Waals surface area contributed by atoms with E-state index in [1.807, 2.05) is 13.0 Å². The fourth-order valence-electron chi connectivity index (χ4n) is 1.31. The van der Waals surface area contributed by atoms with Crippen LogP contribution in [0, 0.1) is 18.3 Å². The molecule has 2 rings (SSSR count). The normalized spacial score (nSPS) is 9.94. The number of aromatic nitrogens is 2. The Morgan fingerprint density at radius 2 is 2.29 bits per heavy atom. The van der Waals surface area contributed by atoms with Crippen LogP contribution in [0.4, 0.5) is 5.69 Å². The third kappa shape index (κ3) is 2.55. The molecule has 1 heterocycles. The zero-order valence-corrected chi connectivity index (χ0v) is 9.82. The summed E-state index contributed by atoms with van der Waals surface area (Å²) in [6.07, 6.45) is 0. The third-order valence-corrected chi connectivity index (χ3v) is 2.61. The predicted molar refractivity (Wildman–Crippen MR) is 62.5 cm³/mol. The van der Waals surface area contributed by atoms with Crippen molar-refractivity contribution < 1.29 is 4.63 Å². The Balaban J connectivity index is 2.08. The van der Waals surface area contributed by atoms with Crippen LogP contribution in [-0.4, -0.2) is 10.3 Å². The van der Waals surface area contributed by atoms with Gasteiger partial charge in [-0.15, -0.1) is 0 Å². The molecule has 0 atom stereocenters. The van der Waals surface area contributed by atoms with Crippen molar-refractivity contribution in [1.29, 1.82) is 5.26 Å². The van der Waals surface area contributed by atoms with Crippen molar-refractivity contribution in [3.8, 4) is 6.07 Å². The van der Waals surface area contributed by atoms with E-state index in [2.05, 4.69) is 20.3 Å². The van der Waals surface area contributed by atoms with E-state index in [-0.39, 0.29) is 0 Å². The van der Waals surface area contributed by atoms with Gasteiger partial charge in [-0.2, -0.15) is 5.26 Å². The minimum absolute atomic E-state index is 0.424. The zero-order valence-electron chi connectivity index (χ0n) is 9.07. The molecule has 86 valence electrons. The summed E-state index contributed by atoms with van der Waals surface area (Å²) < 4.78 is 4.58. The van der Waals surface area contributed by atoms with Gasteiger partial charge in [0.1, 0.15) is 17.5 Å². The molecule has 0 saturated carbocycles. The molecule has 0 spiro atoms. The van der Waals surface area contributed by atoms with Gasteiger partial charge in [-0.3, -0.25) is 0 Å². The molecule has 0 unspecified atom stereocenters. The van der Waals surface area contributed by atoms with E-state index in [4.69, 9.17) is 16.9 Å². The summed E-state index contributed by atoms with van der Waals surface area (Å²) in [5.74, 6) is 0. The lowest BCUT2D eigenvalue weighted by molar-refractivity contribution is 0.301. The Morgan fingerprint density at radius 3 is 2.88 bits per heavy atom. The van der Waals surface area contributed by atoms with Crippen LogP contribution in [0.5, 0.6) is 0 Å². The van der Waals surface area contributed by atoms with Crippen LogP contribution in [0.2, 0.25) is 5.02 Å². The number of nitrogens with one attached hydrogen (secondary N) is 1. The first-order valence-electron chi connectivity index (χ1n) is 4.92. The highest BCUT2D eigenvalue weighted by molar-refractivity contribution is 6.32. The number of hydrogen-bond acceptors (Lipinski definition) is 5. The highest BCUT2D eigenvalue weighted by Gasteiger charge is 2.05. The number of nitrogens with zero attached hydrogens (tertiary/aromatic N) is 3. The second-order valence-corrected chi connectivity index (χ2v) is 3.86. The molecule has 1 aromatic carbocycles. The Hall–Kier alpha value is -2.06. The Morgan fingerprint density at radius 1 is 1.47 bits per heavy atom. The van der Waals surface area contributed by atoms with Crippen LogP contribution in [0.15, 0.2) is 22.8 Å². The van der Waals surface area contributed by atoms with Crippen molar-refractivity contribution in [2.45, 2.75) is 13.5 Å². The SMILES string of the molecule is Cc1nonc1CNc1ccc(C#N)c(Cl)c1. The first kappa shape index (κ1) is 11.4. The quantitative estimate of drug-likeness (QED) is 0.903. The van der Waals surface area contributed by atoms with Crippen molar-refractivity contribution in [1.82, 2.24) is 10.3 Å². The van der Waals surface area contributed by atoms with Gasteiger partial charge in [0.2, 0.25) is 0 Å².